The van der Waals surface area contributed by atoms with Crippen LogP contribution in [0.5, 0.6) is 0 Å². The molecular weight excluding hydrogens is 363 g/mol. The van der Waals surface area contributed by atoms with Gasteiger partial charge in [-0.3, -0.25) is 19.3 Å². The number of nitrogens with one attached hydrogen (secondary N) is 2. The molecule has 28 heavy (non-hydrogen) atoms. The lowest BCUT2D eigenvalue weighted by molar-refractivity contribution is -0.136. The quantitative estimate of drug-likeness (QED) is 0.721. The number of amides is 3. The predicted octanol–water partition coefficient (Wildman–Crippen LogP) is 0.860. The van der Waals surface area contributed by atoms with Gasteiger partial charge in [0.25, 0.3) is 5.91 Å². The van der Waals surface area contributed by atoms with Crippen LogP contribution in [-0.4, -0.2) is 72.8 Å². The van der Waals surface area contributed by atoms with Gasteiger partial charge in [-0.05, 0) is 25.0 Å². The molecule has 1 aromatic rings. The van der Waals surface area contributed by atoms with Gasteiger partial charge in [-0.25, -0.2) is 4.39 Å². The second kappa shape index (κ2) is 10.2. The van der Waals surface area contributed by atoms with Gasteiger partial charge < -0.3 is 15.5 Å². The van der Waals surface area contributed by atoms with E-state index in [1.807, 2.05) is 25.7 Å². The van der Waals surface area contributed by atoms with Gasteiger partial charge in [-0.2, -0.15) is 0 Å². The van der Waals surface area contributed by atoms with Crippen LogP contribution in [0, 0.1) is 11.7 Å². The molecule has 8 heteroatoms. The molecule has 7 nitrogen and oxygen atoms in total. The van der Waals surface area contributed by atoms with Crippen molar-refractivity contribution >= 4 is 17.7 Å². The van der Waals surface area contributed by atoms with Crippen LogP contribution < -0.4 is 10.6 Å². The third-order valence-electron chi connectivity index (χ3n) is 4.76. The average molecular weight is 392 g/mol. The van der Waals surface area contributed by atoms with E-state index in [4.69, 9.17) is 0 Å². The van der Waals surface area contributed by atoms with Crippen molar-refractivity contribution in [1.29, 1.82) is 0 Å². The summed E-state index contributed by atoms with van der Waals surface area (Å²) in [5, 5.41) is 5.45. The van der Waals surface area contributed by atoms with Crippen molar-refractivity contribution < 1.29 is 18.8 Å². The highest BCUT2D eigenvalue weighted by molar-refractivity contribution is 5.97. The molecule has 3 amide bonds. The minimum atomic E-state index is -0.734. The molecule has 1 aliphatic heterocycles. The highest BCUT2D eigenvalue weighted by Gasteiger charge is 2.31. The maximum atomic E-state index is 13.9. The number of hydrogen-bond donors (Lipinski definition) is 2. The van der Waals surface area contributed by atoms with Gasteiger partial charge in [-0.15, -0.1) is 0 Å². The molecule has 1 heterocycles. The topological polar surface area (TPSA) is 81.8 Å². The second-order valence-corrected chi connectivity index (χ2v) is 7.23. The average Bonchev–Trinajstić information content (AvgIpc) is 2.66. The third-order valence-corrected chi connectivity index (χ3v) is 4.76. The summed E-state index contributed by atoms with van der Waals surface area (Å²) in [7, 11) is 0. The van der Waals surface area contributed by atoms with Crippen LogP contribution in [-0.2, 0) is 9.59 Å². The van der Waals surface area contributed by atoms with Gasteiger partial charge in [0.1, 0.15) is 11.9 Å². The Labute approximate surface area is 165 Å². The summed E-state index contributed by atoms with van der Waals surface area (Å²) in [4.78, 5) is 40.8. The molecule has 1 unspecified atom stereocenters. The Bertz CT molecular complexity index is 702. The second-order valence-electron chi connectivity index (χ2n) is 7.23. The van der Waals surface area contributed by atoms with E-state index in [0.717, 1.165) is 0 Å². The molecule has 2 rings (SSSR count). The molecule has 1 fully saturated rings. The third kappa shape index (κ3) is 5.76. The zero-order valence-corrected chi connectivity index (χ0v) is 16.7. The zero-order chi connectivity index (χ0) is 20.7. The highest BCUT2D eigenvalue weighted by Crippen LogP contribution is 2.12. The molecule has 0 aliphatic carbocycles. The Balaban J connectivity index is 1.95. The van der Waals surface area contributed by atoms with Crippen molar-refractivity contribution in [3.05, 3.63) is 35.6 Å². The fraction of sp³-hybridized carbons (Fsp3) is 0.550. The molecule has 1 aromatic carbocycles. The van der Waals surface area contributed by atoms with E-state index in [-0.39, 0.29) is 23.3 Å². The molecule has 1 aliphatic rings. The lowest BCUT2D eigenvalue weighted by Crippen LogP contribution is -2.57. The molecule has 0 spiro atoms. The van der Waals surface area contributed by atoms with Gasteiger partial charge in [0.2, 0.25) is 11.8 Å². The Hall–Kier alpha value is -2.48. The smallest absolute Gasteiger partial charge is 0.254 e. The Morgan fingerprint density at radius 2 is 1.75 bits per heavy atom. The first-order valence-electron chi connectivity index (χ1n) is 9.66. The minimum absolute atomic E-state index is 0.0283. The standard InChI is InChI=1S/C20H29FN4O3/c1-4-22-17(26)13-24-9-11-25(12-10-24)20(28)18(14(2)3)23-19(27)15-7-5-6-8-16(15)21/h5-8,14,18H,4,9-13H2,1-3H3,(H,22,26)(H,23,27). The zero-order valence-electron chi connectivity index (χ0n) is 16.7. The fourth-order valence-electron chi connectivity index (χ4n) is 3.16. The molecule has 1 saturated heterocycles. The van der Waals surface area contributed by atoms with Crippen LogP contribution in [0.25, 0.3) is 0 Å². The van der Waals surface area contributed by atoms with Gasteiger partial charge >= 0.3 is 0 Å². The van der Waals surface area contributed by atoms with Crippen molar-refractivity contribution in [1.82, 2.24) is 20.4 Å². The van der Waals surface area contributed by atoms with E-state index in [2.05, 4.69) is 10.6 Å². The molecule has 0 aromatic heterocycles. The van der Waals surface area contributed by atoms with Gasteiger partial charge in [-0.1, -0.05) is 26.0 Å². The molecule has 154 valence electrons. The number of rotatable bonds is 7. The maximum absolute atomic E-state index is 13.9. The van der Waals surface area contributed by atoms with E-state index < -0.39 is 17.8 Å². The molecule has 2 N–H and O–H groups in total. The summed E-state index contributed by atoms with van der Waals surface area (Å²) in [6.45, 7) is 8.61. The van der Waals surface area contributed by atoms with Gasteiger partial charge in [0.05, 0.1) is 12.1 Å². The van der Waals surface area contributed by atoms with Crippen molar-refractivity contribution in [2.75, 3.05) is 39.3 Å². The fourth-order valence-corrected chi connectivity index (χ4v) is 3.16. The first-order chi connectivity index (χ1) is 13.3. The predicted molar refractivity (Wildman–Crippen MR) is 104 cm³/mol. The summed E-state index contributed by atoms with van der Waals surface area (Å²) in [5.74, 6) is -1.57. The Morgan fingerprint density at radius 1 is 1.11 bits per heavy atom. The van der Waals surface area contributed by atoms with Crippen molar-refractivity contribution in [2.24, 2.45) is 5.92 Å². The molecule has 0 saturated carbocycles. The van der Waals surface area contributed by atoms with E-state index in [0.29, 0.717) is 39.3 Å². The van der Waals surface area contributed by atoms with Crippen LogP contribution in [0.1, 0.15) is 31.1 Å². The number of hydrogen-bond acceptors (Lipinski definition) is 4. The van der Waals surface area contributed by atoms with Crippen molar-refractivity contribution in [2.45, 2.75) is 26.8 Å². The van der Waals surface area contributed by atoms with Crippen LogP contribution >= 0.6 is 0 Å². The molecular formula is C20H29FN4O3. The van der Waals surface area contributed by atoms with E-state index in [9.17, 15) is 18.8 Å². The number of likely N-dealkylation sites (N-methyl/N-ethyl adjacent to an activating group) is 1. The van der Waals surface area contributed by atoms with Crippen molar-refractivity contribution in [3.63, 3.8) is 0 Å². The number of nitrogens with zero attached hydrogens (tertiary/aromatic N) is 2. The lowest BCUT2D eigenvalue weighted by atomic mass is 10.0. The highest BCUT2D eigenvalue weighted by atomic mass is 19.1. The number of benzene rings is 1. The molecule has 1 atom stereocenters. The summed E-state index contributed by atoms with van der Waals surface area (Å²) < 4.78 is 13.9. The Kier molecular flexibility index (Phi) is 7.92. The monoisotopic (exact) mass is 392 g/mol. The van der Waals surface area contributed by atoms with Gasteiger partial charge in [0, 0.05) is 32.7 Å². The molecule has 0 bridgehead atoms. The lowest BCUT2D eigenvalue weighted by Gasteiger charge is -2.37. The SMILES string of the molecule is CCNC(=O)CN1CCN(C(=O)C(NC(=O)c2ccccc2F)C(C)C)CC1. The van der Waals surface area contributed by atoms with Gasteiger partial charge in [0.15, 0.2) is 0 Å². The van der Waals surface area contributed by atoms with Crippen LogP contribution in [0.4, 0.5) is 4.39 Å². The Morgan fingerprint density at radius 3 is 2.32 bits per heavy atom. The number of piperazine rings is 1. The van der Waals surface area contributed by atoms with E-state index in [1.54, 1.807) is 11.0 Å². The summed E-state index contributed by atoms with van der Waals surface area (Å²) in [6, 6.07) is 4.97. The summed E-state index contributed by atoms with van der Waals surface area (Å²) >= 11 is 0. The van der Waals surface area contributed by atoms with E-state index in [1.165, 1.54) is 18.2 Å². The number of carbonyl (C=O) groups excluding carboxylic acids is 3. The normalized spacial score (nSPS) is 16.0. The summed E-state index contributed by atoms with van der Waals surface area (Å²) in [5.41, 5.74) is -0.0762. The van der Waals surface area contributed by atoms with E-state index >= 15 is 0 Å². The number of carbonyl (C=O) groups is 3. The largest absolute Gasteiger partial charge is 0.355 e. The first kappa shape index (κ1) is 21.8. The van der Waals surface area contributed by atoms with Crippen LogP contribution in [0.15, 0.2) is 24.3 Å². The number of halogens is 1. The summed E-state index contributed by atoms with van der Waals surface area (Å²) in [6.07, 6.45) is 0. The van der Waals surface area contributed by atoms with Crippen molar-refractivity contribution in [3.8, 4) is 0 Å². The first-order valence-corrected chi connectivity index (χ1v) is 9.66. The van der Waals surface area contributed by atoms with Crippen LogP contribution in [0.3, 0.4) is 0 Å². The molecule has 0 radical (unpaired) electrons. The minimum Gasteiger partial charge on any atom is -0.355 e. The maximum Gasteiger partial charge on any atom is 0.254 e. The van der Waals surface area contributed by atoms with Crippen LogP contribution in [0.2, 0.25) is 0 Å².